The van der Waals surface area contributed by atoms with E-state index in [0.717, 1.165) is 5.56 Å². The van der Waals surface area contributed by atoms with Crippen LogP contribution in [0.25, 0.3) is 0 Å². The fourth-order valence-corrected chi connectivity index (χ4v) is 1.81. The van der Waals surface area contributed by atoms with Crippen molar-refractivity contribution < 1.29 is 14.7 Å². The number of aromatic carboxylic acids is 1. The van der Waals surface area contributed by atoms with Crippen molar-refractivity contribution in [3.63, 3.8) is 0 Å². The molecule has 1 aromatic carbocycles. The molecule has 1 heterocycles. The van der Waals surface area contributed by atoms with E-state index in [1.807, 2.05) is 6.92 Å². The number of carboxylic acid groups (broad SMARTS) is 1. The summed E-state index contributed by atoms with van der Waals surface area (Å²) in [7, 11) is 0. The number of hydrogen-bond acceptors (Lipinski definition) is 3. The molecule has 0 aliphatic heterocycles. The maximum absolute atomic E-state index is 11.2. The molecule has 1 amide bonds. The van der Waals surface area contributed by atoms with Gasteiger partial charge in [0.15, 0.2) is 0 Å². The van der Waals surface area contributed by atoms with E-state index in [0.29, 0.717) is 16.9 Å². The third-order valence-corrected chi connectivity index (χ3v) is 2.81. The Morgan fingerprint density at radius 1 is 1.18 bits per heavy atom. The number of amides is 1. The minimum absolute atomic E-state index is 0.168. The van der Waals surface area contributed by atoms with Crippen molar-refractivity contribution >= 4 is 17.7 Å². The molecule has 0 unspecified atom stereocenters. The molecule has 0 spiro atoms. The molecule has 0 radical (unpaired) electrons. The molecule has 5 nitrogen and oxygen atoms in total. The summed E-state index contributed by atoms with van der Waals surface area (Å²) in [5, 5.41) is 11.7. The van der Waals surface area contributed by atoms with Crippen LogP contribution in [0.15, 0.2) is 36.5 Å². The van der Waals surface area contributed by atoms with E-state index in [1.54, 1.807) is 30.3 Å². The van der Waals surface area contributed by atoms with Gasteiger partial charge in [-0.15, -0.1) is 0 Å². The highest BCUT2D eigenvalue weighted by atomic mass is 16.4. The topological polar surface area (TPSA) is 79.3 Å². The van der Waals surface area contributed by atoms with E-state index in [-0.39, 0.29) is 11.5 Å². The lowest BCUT2D eigenvalue weighted by Gasteiger charge is -2.01. The SMILES string of the molecule is CC(=O)Nc1ccc(C#Cc2cc(C)ccc2C(=O)O)cn1. The monoisotopic (exact) mass is 294 g/mol. The Hall–Kier alpha value is -3.13. The maximum atomic E-state index is 11.2. The third-order valence-electron chi connectivity index (χ3n) is 2.81. The highest BCUT2D eigenvalue weighted by molar-refractivity contribution is 5.91. The number of carbonyl (C=O) groups is 2. The second-order valence-corrected chi connectivity index (χ2v) is 4.72. The first-order chi connectivity index (χ1) is 10.5. The Kier molecular flexibility index (Phi) is 4.54. The molecule has 0 aliphatic rings. The van der Waals surface area contributed by atoms with Crippen molar-refractivity contribution in [3.05, 3.63) is 58.8 Å². The number of rotatable bonds is 2. The van der Waals surface area contributed by atoms with Crippen molar-refractivity contribution in [2.45, 2.75) is 13.8 Å². The molecule has 0 fully saturated rings. The van der Waals surface area contributed by atoms with Gasteiger partial charge < -0.3 is 10.4 Å². The van der Waals surface area contributed by atoms with Gasteiger partial charge in [-0.25, -0.2) is 9.78 Å². The maximum Gasteiger partial charge on any atom is 0.336 e. The van der Waals surface area contributed by atoms with Crippen LogP contribution < -0.4 is 5.32 Å². The van der Waals surface area contributed by atoms with Crippen LogP contribution in [0.5, 0.6) is 0 Å². The van der Waals surface area contributed by atoms with Crippen LogP contribution in [0.2, 0.25) is 0 Å². The molecule has 2 N–H and O–H groups in total. The lowest BCUT2D eigenvalue weighted by atomic mass is 10.0. The van der Waals surface area contributed by atoms with Gasteiger partial charge in [-0.1, -0.05) is 17.9 Å². The van der Waals surface area contributed by atoms with Crippen LogP contribution in [-0.2, 0) is 4.79 Å². The molecule has 22 heavy (non-hydrogen) atoms. The number of pyridine rings is 1. The number of nitrogens with one attached hydrogen (secondary N) is 1. The average Bonchev–Trinajstić information content (AvgIpc) is 2.45. The predicted octanol–water partition coefficient (Wildman–Crippen LogP) is 2.45. The van der Waals surface area contributed by atoms with E-state index in [9.17, 15) is 9.59 Å². The summed E-state index contributed by atoms with van der Waals surface area (Å²) in [4.78, 5) is 26.1. The summed E-state index contributed by atoms with van der Waals surface area (Å²) in [6.45, 7) is 3.28. The zero-order valence-corrected chi connectivity index (χ0v) is 12.2. The van der Waals surface area contributed by atoms with E-state index in [2.05, 4.69) is 22.1 Å². The van der Waals surface area contributed by atoms with Crippen molar-refractivity contribution in [1.29, 1.82) is 0 Å². The zero-order chi connectivity index (χ0) is 16.1. The summed E-state index contributed by atoms with van der Waals surface area (Å²) in [6, 6.07) is 8.36. The number of carbonyl (C=O) groups excluding carboxylic acids is 1. The molecule has 1 aromatic heterocycles. The summed E-state index contributed by atoms with van der Waals surface area (Å²) >= 11 is 0. The lowest BCUT2D eigenvalue weighted by molar-refractivity contribution is -0.114. The van der Waals surface area contributed by atoms with E-state index in [4.69, 9.17) is 5.11 Å². The van der Waals surface area contributed by atoms with Gasteiger partial charge in [-0.3, -0.25) is 4.79 Å². The van der Waals surface area contributed by atoms with Crippen LogP contribution >= 0.6 is 0 Å². The fraction of sp³-hybridized carbons (Fsp3) is 0.118. The molecule has 2 rings (SSSR count). The average molecular weight is 294 g/mol. The number of anilines is 1. The molecule has 110 valence electrons. The first-order valence-electron chi connectivity index (χ1n) is 6.55. The molecule has 0 aliphatic carbocycles. The largest absolute Gasteiger partial charge is 0.478 e. The molecular formula is C17H14N2O3. The van der Waals surface area contributed by atoms with E-state index in [1.165, 1.54) is 13.1 Å². The van der Waals surface area contributed by atoms with Crippen LogP contribution in [-0.4, -0.2) is 22.0 Å². The van der Waals surface area contributed by atoms with Crippen molar-refractivity contribution in [1.82, 2.24) is 4.98 Å². The Labute approximate surface area is 128 Å². The van der Waals surface area contributed by atoms with E-state index >= 15 is 0 Å². The lowest BCUT2D eigenvalue weighted by Crippen LogP contribution is -2.06. The van der Waals surface area contributed by atoms with Gasteiger partial charge in [0.1, 0.15) is 5.82 Å². The van der Waals surface area contributed by atoms with Gasteiger partial charge in [-0.05, 0) is 36.8 Å². The van der Waals surface area contributed by atoms with Crippen LogP contribution in [0.4, 0.5) is 5.82 Å². The summed E-state index contributed by atoms with van der Waals surface area (Å²) < 4.78 is 0. The second-order valence-electron chi connectivity index (χ2n) is 4.72. The van der Waals surface area contributed by atoms with Gasteiger partial charge in [0.25, 0.3) is 0 Å². The van der Waals surface area contributed by atoms with Crippen molar-refractivity contribution in [3.8, 4) is 11.8 Å². The third kappa shape index (κ3) is 3.93. The number of aromatic nitrogens is 1. The highest BCUT2D eigenvalue weighted by Gasteiger charge is 2.07. The smallest absolute Gasteiger partial charge is 0.336 e. The quantitative estimate of drug-likeness (QED) is 0.834. The first-order valence-corrected chi connectivity index (χ1v) is 6.55. The Bertz CT molecular complexity index is 784. The van der Waals surface area contributed by atoms with Gasteiger partial charge >= 0.3 is 5.97 Å². The zero-order valence-electron chi connectivity index (χ0n) is 12.2. The van der Waals surface area contributed by atoms with Crippen LogP contribution in [0.3, 0.4) is 0 Å². The molecule has 0 saturated heterocycles. The summed E-state index contributed by atoms with van der Waals surface area (Å²) in [5.74, 6) is 4.97. The Balaban J connectivity index is 2.28. The number of aryl methyl sites for hydroxylation is 1. The van der Waals surface area contributed by atoms with Gasteiger partial charge in [0, 0.05) is 24.2 Å². The normalized spacial score (nSPS) is 9.55. The van der Waals surface area contributed by atoms with Crippen LogP contribution in [0.1, 0.15) is 34.0 Å². The van der Waals surface area contributed by atoms with Gasteiger partial charge in [0.05, 0.1) is 5.56 Å². The Morgan fingerprint density at radius 3 is 2.55 bits per heavy atom. The molecule has 0 atom stereocenters. The second kappa shape index (κ2) is 6.55. The van der Waals surface area contributed by atoms with Gasteiger partial charge in [-0.2, -0.15) is 0 Å². The molecular weight excluding hydrogens is 280 g/mol. The number of hydrogen-bond donors (Lipinski definition) is 2. The fourth-order valence-electron chi connectivity index (χ4n) is 1.81. The standard InChI is InChI=1S/C17H14N2O3/c1-11-3-7-15(17(21)22)14(9-11)6-4-13-5-8-16(18-10-13)19-12(2)20/h3,5,7-10H,1-2H3,(H,21,22)(H,18,19,20). The van der Waals surface area contributed by atoms with Crippen LogP contribution in [0, 0.1) is 18.8 Å². The molecule has 2 aromatic rings. The van der Waals surface area contributed by atoms with Crippen molar-refractivity contribution in [2.24, 2.45) is 0 Å². The first kappa shape index (κ1) is 15.3. The summed E-state index contributed by atoms with van der Waals surface area (Å²) in [5.41, 5.74) is 2.19. The number of nitrogens with zero attached hydrogens (tertiary/aromatic N) is 1. The number of benzene rings is 1. The van der Waals surface area contributed by atoms with E-state index < -0.39 is 5.97 Å². The minimum Gasteiger partial charge on any atom is -0.478 e. The minimum atomic E-state index is -1.01. The highest BCUT2D eigenvalue weighted by Crippen LogP contribution is 2.11. The van der Waals surface area contributed by atoms with Crippen molar-refractivity contribution in [2.75, 3.05) is 5.32 Å². The summed E-state index contributed by atoms with van der Waals surface area (Å²) in [6.07, 6.45) is 1.52. The number of carboxylic acids is 1. The molecule has 0 saturated carbocycles. The van der Waals surface area contributed by atoms with Gasteiger partial charge in [0.2, 0.25) is 5.91 Å². The predicted molar refractivity (Wildman–Crippen MR) is 82.7 cm³/mol. The molecule has 0 bridgehead atoms. The Morgan fingerprint density at radius 2 is 1.95 bits per heavy atom. The molecule has 5 heteroatoms.